The molecule has 9 atom stereocenters. The highest BCUT2D eigenvalue weighted by Crippen LogP contribution is 2.30. The molecule has 2 saturated heterocycles. The zero-order valence-electron chi connectivity index (χ0n) is 21.5. The molecule has 0 saturated carbocycles. The zero-order chi connectivity index (χ0) is 24.9. The minimum absolute atomic E-state index is 0.0224. The van der Waals surface area contributed by atoms with Gasteiger partial charge in [0.2, 0.25) is 5.91 Å². The van der Waals surface area contributed by atoms with E-state index < -0.39 is 30.0 Å². The average Bonchev–Trinajstić information content (AvgIpc) is 2.69. The Bertz CT molecular complexity index is 623. The molecule has 33 heavy (non-hydrogen) atoms. The van der Waals surface area contributed by atoms with E-state index in [0.717, 1.165) is 13.0 Å². The SMILES string of the molecule is CC1CN(C)C[C@H](C)C[C@](O)(CO[C@H]2[C@H](O)O[C@H](C)C[C@@H]2N(C)C)CC[C@H](O)[C@@H](C)C(=O)N1. The Labute approximate surface area is 199 Å². The van der Waals surface area contributed by atoms with Gasteiger partial charge in [0.05, 0.1) is 30.3 Å². The lowest BCUT2D eigenvalue weighted by Gasteiger charge is -2.43. The van der Waals surface area contributed by atoms with Gasteiger partial charge in [0.25, 0.3) is 0 Å². The van der Waals surface area contributed by atoms with Crippen molar-refractivity contribution in [1.29, 1.82) is 0 Å². The summed E-state index contributed by atoms with van der Waals surface area (Å²) in [5, 5.41) is 35.8. The smallest absolute Gasteiger partial charge is 0.225 e. The van der Waals surface area contributed by atoms with Crippen molar-refractivity contribution < 1.29 is 29.6 Å². The largest absolute Gasteiger partial charge is 0.392 e. The van der Waals surface area contributed by atoms with E-state index in [2.05, 4.69) is 17.1 Å². The van der Waals surface area contributed by atoms with Crippen LogP contribution in [-0.4, -0.2) is 114 Å². The van der Waals surface area contributed by atoms with Crippen LogP contribution in [0.25, 0.3) is 0 Å². The van der Waals surface area contributed by atoms with Crippen molar-refractivity contribution in [1.82, 2.24) is 15.1 Å². The second-order valence-corrected chi connectivity index (χ2v) is 10.9. The highest BCUT2D eigenvalue weighted by atomic mass is 16.6. The molecule has 1 amide bonds. The lowest BCUT2D eigenvalue weighted by Crippen LogP contribution is -2.55. The van der Waals surface area contributed by atoms with Gasteiger partial charge in [0, 0.05) is 25.2 Å². The Morgan fingerprint density at radius 1 is 1.21 bits per heavy atom. The van der Waals surface area contributed by atoms with E-state index in [1.54, 1.807) is 6.92 Å². The Morgan fingerprint density at radius 2 is 1.88 bits per heavy atom. The molecule has 2 aliphatic heterocycles. The van der Waals surface area contributed by atoms with Gasteiger partial charge in [-0.1, -0.05) is 13.8 Å². The third-order valence-electron chi connectivity index (χ3n) is 7.04. The van der Waals surface area contributed by atoms with Crippen molar-refractivity contribution in [2.45, 2.75) is 95.7 Å². The van der Waals surface area contributed by atoms with Crippen LogP contribution in [0.3, 0.4) is 0 Å². The summed E-state index contributed by atoms with van der Waals surface area (Å²) in [7, 11) is 5.90. The maximum absolute atomic E-state index is 12.5. The fourth-order valence-electron chi connectivity index (χ4n) is 5.27. The predicted octanol–water partition coefficient (Wildman–Crippen LogP) is 0.414. The first-order valence-electron chi connectivity index (χ1n) is 12.3. The summed E-state index contributed by atoms with van der Waals surface area (Å²) < 4.78 is 11.7. The van der Waals surface area contributed by atoms with Crippen molar-refractivity contribution >= 4 is 5.91 Å². The highest BCUT2D eigenvalue weighted by molar-refractivity contribution is 5.79. The van der Waals surface area contributed by atoms with E-state index in [-0.39, 0.29) is 43.0 Å². The van der Waals surface area contributed by atoms with Gasteiger partial charge in [-0.05, 0) is 66.6 Å². The molecule has 9 heteroatoms. The van der Waals surface area contributed by atoms with E-state index in [0.29, 0.717) is 19.4 Å². The van der Waals surface area contributed by atoms with Crippen molar-refractivity contribution in [3.63, 3.8) is 0 Å². The number of nitrogens with one attached hydrogen (secondary N) is 1. The highest BCUT2D eigenvalue weighted by Gasteiger charge is 2.41. The van der Waals surface area contributed by atoms with Crippen molar-refractivity contribution in [2.75, 3.05) is 40.8 Å². The van der Waals surface area contributed by atoms with Gasteiger partial charge in [-0.3, -0.25) is 4.79 Å². The number of likely N-dealkylation sites (N-methyl/N-ethyl adjacent to an activating group) is 2. The fraction of sp³-hybridized carbons (Fsp3) is 0.958. The zero-order valence-corrected chi connectivity index (χ0v) is 21.5. The first-order chi connectivity index (χ1) is 15.3. The van der Waals surface area contributed by atoms with Crippen LogP contribution in [0, 0.1) is 11.8 Å². The molecule has 0 aromatic rings. The van der Waals surface area contributed by atoms with Crippen LogP contribution in [0.1, 0.15) is 53.4 Å². The monoisotopic (exact) mass is 473 g/mol. The molecule has 2 aliphatic rings. The number of aliphatic hydroxyl groups is 3. The second-order valence-electron chi connectivity index (χ2n) is 10.9. The van der Waals surface area contributed by atoms with Gasteiger partial charge in [0.15, 0.2) is 6.29 Å². The number of nitrogens with zero attached hydrogens (tertiary/aromatic N) is 2. The maximum atomic E-state index is 12.5. The van der Waals surface area contributed by atoms with E-state index >= 15 is 0 Å². The summed E-state index contributed by atoms with van der Waals surface area (Å²) in [6.45, 7) is 9.15. The number of hydrogen-bond donors (Lipinski definition) is 4. The van der Waals surface area contributed by atoms with Gasteiger partial charge < -0.3 is 39.9 Å². The average molecular weight is 474 g/mol. The molecular weight excluding hydrogens is 426 g/mol. The molecular formula is C24H47N3O6. The number of aliphatic hydroxyl groups excluding tert-OH is 2. The first-order valence-corrected chi connectivity index (χ1v) is 12.3. The number of rotatable bonds is 4. The van der Waals surface area contributed by atoms with E-state index in [1.807, 2.05) is 39.9 Å². The van der Waals surface area contributed by atoms with Crippen molar-refractivity contribution in [2.24, 2.45) is 11.8 Å². The van der Waals surface area contributed by atoms with Gasteiger partial charge in [-0.15, -0.1) is 0 Å². The summed E-state index contributed by atoms with van der Waals surface area (Å²) in [5.74, 6) is -0.589. The number of hydrogen-bond acceptors (Lipinski definition) is 8. The van der Waals surface area contributed by atoms with Crippen LogP contribution in [0.4, 0.5) is 0 Å². The molecule has 0 aliphatic carbocycles. The van der Waals surface area contributed by atoms with Crippen LogP contribution in [0.15, 0.2) is 0 Å². The normalized spacial score (nSPS) is 42.8. The van der Waals surface area contributed by atoms with E-state index in [4.69, 9.17) is 9.47 Å². The number of carbonyl (C=O) groups excluding carboxylic acids is 1. The van der Waals surface area contributed by atoms with Crippen LogP contribution >= 0.6 is 0 Å². The molecule has 0 bridgehead atoms. The summed E-state index contributed by atoms with van der Waals surface area (Å²) >= 11 is 0. The Balaban J connectivity index is 2.16. The Morgan fingerprint density at radius 3 is 2.52 bits per heavy atom. The maximum Gasteiger partial charge on any atom is 0.225 e. The predicted molar refractivity (Wildman–Crippen MR) is 127 cm³/mol. The van der Waals surface area contributed by atoms with E-state index in [1.165, 1.54) is 0 Å². The van der Waals surface area contributed by atoms with Gasteiger partial charge in [-0.2, -0.15) is 0 Å². The summed E-state index contributed by atoms with van der Waals surface area (Å²) in [6.07, 6.45) is -0.820. The molecule has 2 heterocycles. The van der Waals surface area contributed by atoms with Gasteiger partial charge in [0.1, 0.15) is 6.10 Å². The molecule has 2 rings (SSSR count). The first kappa shape index (κ1) is 28.4. The van der Waals surface area contributed by atoms with Crippen LogP contribution in [0.5, 0.6) is 0 Å². The van der Waals surface area contributed by atoms with Crippen LogP contribution in [-0.2, 0) is 14.3 Å². The topological polar surface area (TPSA) is 115 Å². The Kier molecular flexibility index (Phi) is 10.5. The standard InChI is InChI=1S/C24H47N3O6/c1-15-11-24(31,14-32-21-19(26(5)6)10-17(3)33-23(21)30)9-8-20(28)18(4)22(29)25-16(2)13-27(7)12-15/h15-21,23,28,30-31H,8-14H2,1-7H3,(H,25,29)/t15-,16?,17-,18-,19+,20+,21-,23-,24+/m1/s1. The molecule has 0 aromatic carbocycles. The van der Waals surface area contributed by atoms with Crippen molar-refractivity contribution in [3.05, 3.63) is 0 Å². The molecule has 0 aromatic heterocycles. The molecule has 2 fully saturated rings. The van der Waals surface area contributed by atoms with Crippen molar-refractivity contribution in [3.8, 4) is 0 Å². The quantitative estimate of drug-likeness (QED) is 0.464. The van der Waals surface area contributed by atoms with Gasteiger partial charge >= 0.3 is 0 Å². The fourth-order valence-corrected chi connectivity index (χ4v) is 5.27. The lowest BCUT2D eigenvalue weighted by molar-refractivity contribution is -0.253. The molecule has 194 valence electrons. The van der Waals surface area contributed by atoms with E-state index in [9.17, 15) is 20.1 Å². The minimum atomic E-state index is -1.20. The summed E-state index contributed by atoms with van der Waals surface area (Å²) in [5.41, 5.74) is -1.20. The lowest BCUT2D eigenvalue weighted by atomic mass is 9.85. The Hall–Kier alpha value is -0.810. The number of amides is 1. The molecule has 9 nitrogen and oxygen atoms in total. The number of carbonyl (C=O) groups is 1. The molecule has 0 spiro atoms. The minimum Gasteiger partial charge on any atom is -0.392 e. The second kappa shape index (κ2) is 12.2. The molecule has 1 unspecified atom stereocenters. The van der Waals surface area contributed by atoms with Crippen LogP contribution < -0.4 is 5.32 Å². The molecule has 4 N–H and O–H groups in total. The third-order valence-corrected chi connectivity index (χ3v) is 7.04. The van der Waals surface area contributed by atoms with Crippen LogP contribution in [0.2, 0.25) is 0 Å². The summed E-state index contributed by atoms with van der Waals surface area (Å²) in [6, 6.07) is -0.0769. The summed E-state index contributed by atoms with van der Waals surface area (Å²) in [4.78, 5) is 16.7. The van der Waals surface area contributed by atoms with Gasteiger partial charge in [-0.25, -0.2) is 0 Å². The third kappa shape index (κ3) is 8.42. The number of ether oxygens (including phenoxy) is 2. The molecule has 0 radical (unpaired) electrons.